The van der Waals surface area contributed by atoms with E-state index in [1.165, 1.54) is 0 Å². The smallest absolute Gasteiger partial charge is 0.320 e. The van der Waals surface area contributed by atoms with Crippen LogP contribution < -0.4 is 5.73 Å². The van der Waals surface area contributed by atoms with Crippen LogP contribution in [0.1, 0.15) is 0 Å². The molecule has 0 heterocycles. The molecule has 0 aliphatic heterocycles. The largest absolute Gasteiger partial charge is 0.481 e. The highest BCUT2D eigenvalue weighted by Gasteiger charge is 2.63. The summed E-state index contributed by atoms with van der Waals surface area (Å²) >= 11 is 0.991. The minimum absolute atomic E-state index is 0. The van der Waals surface area contributed by atoms with Crippen LogP contribution in [0.25, 0.3) is 0 Å². The lowest BCUT2D eigenvalue weighted by molar-refractivity contribution is -0.140. The highest BCUT2D eigenvalue weighted by molar-refractivity contribution is 7.99. The first-order valence-electron chi connectivity index (χ1n) is 4.79. The first-order chi connectivity index (χ1) is 7.82. The lowest BCUT2D eigenvalue weighted by Gasteiger charge is -2.09. The van der Waals surface area contributed by atoms with Gasteiger partial charge >= 0.3 is 17.9 Å². The molecule has 0 saturated heterocycles. The normalized spacial score (nSPS) is 28.7. The summed E-state index contributed by atoms with van der Waals surface area (Å²) in [5.74, 6) is -6.20. The van der Waals surface area contributed by atoms with Crippen molar-refractivity contribution in [3.63, 3.8) is 0 Å². The average Bonchev–Trinajstić information content (AvgIpc) is 2.92. The minimum Gasteiger partial charge on any atom is -0.481 e. The topological polar surface area (TPSA) is 138 Å². The number of carboxylic acids is 3. The summed E-state index contributed by atoms with van der Waals surface area (Å²) in [6, 6.07) is -1.34. The molecule has 1 saturated carbocycles. The Bertz CT molecular complexity index is 365. The number of halogens is 1. The molecule has 9 heteroatoms. The van der Waals surface area contributed by atoms with E-state index in [2.05, 4.69) is 0 Å². The van der Waals surface area contributed by atoms with Crippen LogP contribution in [-0.2, 0) is 14.4 Å². The molecule has 0 bridgehead atoms. The Morgan fingerprint density at radius 2 is 1.61 bits per heavy atom. The van der Waals surface area contributed by atoms with Crippen molar-refractivity contribution >= 4 is 42.1 Å². The van der Waals surface area contributed by atoms with Gasteiger partial charge in [-0.3, -0.25) is 14.4 Å². The zero-order valence-electron chi connectivity index (χ0n) is 9.35. The van der Waals surface area contributed by atoms with Crippen molar-refractivity contribution in [2.24, 2.45) is 23.5 Å². The second-order valence-corrected chi connectivity index (χ2v) is 4.86. The maximum atomic E-state index is 10.9. The molecule has 1 fully saturated rings. The number of hydrogen-bond acceptors (Lipinski definition) is 5. The molecule has 0 spiro atoms. The quantitative estimate of drug-likeness (QED) is 0.519. The Morgan fingerprint density at radius 3 is 1.89 bits per heavy atom. The van der Waals surface area contributed by atoms with Gasteiger partial charge in [0.15, 0.2) is 0 Å². The summed E-state index contributed by atoms with van der Waals surface area (Å²) in [5.41, 5.74) is 5.37. The van der Waals surface area contributed by atoms with Crippen LogP contribution in [0.3, 0.4) is 0 Å². The third-order valence-corrected chi connectivity index (χ3v) is 3.99. The molecular formula is C9H14ClNO6S. The molecule has 5 atom stereocenters. The van der Waals surface area contributed by atoms with E-state index in [9.17, 15) is 14.4 Å². The second kappa shape index (κ2) is 6.26. The predicted octanol–water partition coefficient (Wildman–Crippen LogP) is -0.417. The van der Waals surface area contributed by atoms with E-state index < -0.39 is 47.0 Å². The van der Waals surface area contributed by atoms with Crippen LogP contribution in [0, 0.1) is 17.8 Å². The highest BCUT2D eigenvalue weighted by atomic mass is 35.5. The summed E-state index contributed by atoms with van der Waals surface area (Å²) in [5, 5.41) is 25.6. The van der Waals surface area contributed by atoms with Gasteiger partial charge in [-0.1, -0.05) is 0 Å². The van der Waals surface area contributed by atoms with E-state index in [0.717, 1.165) is 11.8 Å². The predicted molar refractivity (Wildman–Crippen MR) is 65.9 cm³/mol. The molecule has 7 nitrogen and oxygen atoms in total. The van der Waals surface area contributed by atoms with Gasteiger partial charge in [-0.25, -0.2) is 0 Å². The van der Waals surface area contributed by atoms with Crippen molar-refractivity contribution in [3.8, 4) is 0 Å². The number of carboxylic acid groups (broad SMARTS) is 3. The van der Waals surface area contributed by atoms with Gasteiger partial charge in [-0.15, -0.1) is 24.2 Å². The molecule has 0 aromatic heterocycles. The van der Waals surface area contributed by atoms with Gasteiger partial charge in [0.05, 0.1) is 5.92 Å². The van der Waals surface area contributed by atoms with E-state index in [1.54, 1.807) is 6.26 Å². The molecule has 1 rings (SSSR count). The van der Waals surface area contributed by atoms with E-state index in [4.69, 9.17) is 21.1 Å². The summed E-state index contributed by atoms with van der Waals surface area (Å²) in [6.07, 6.45) is 1.54. The van der Waals surface area contributed by atoms with Gasteiger partial charge in [0.25, 0.3) is 0 Å². The Hall–Kier alpha value is -0.990. The first-order valence-corrected chi connectivity index (χ1v) is 6.08. The standard InChI is InChI=1S/C9H13NO6S.ClH/c1-17-6(9(15)16)3-2(4(3)7(11)12)5(10)8(13)14;/h2-6H,10H2,1H3,(H,11,12)(H,13,14)(H,15,16);1H. The van der Waals surface area contributed by atoms with Crippen LogP contribution in [0.2, 0.25) is 0 Å². The van der Waals surface area contributed by atoms with Gasteiger partial charge in [-0.2, -0.15) is 0 Å². The van der Waals surface area contributed by atoms with E-state index in [1.807, 2.05) is 0 Å². The summed E-state index contributed by atoms with van der Waals surface area (Å²) in [7, 11) is 0. The Morgan fingerprint density at radius 1 is 1.11 bits per heavy atom. The van der Waals surface area contributed by atoms with E-state index >= 15 is 0 Å². The number of carbonyl (C=O) groups is 3. The van der Waals surface area contributed by atoms with Gasteiger partial charge in [-0.05, 0) is 6.26 Å². The fourth-order valence-corrected chi connectivity index (χ4v) is 3.00. The molecule has 1 aliphatic rings. The van der Waals surface area contributed by atoms with Crippen LogP contribution >= 0.6 is 24.2 Å². The summed E-state index contributed by atoms with van der Waals surface area (Å²) in [4.78, 5) is 32.5. The monoisotopic (exact) mass is 299 g/mol. The second-order valence-electron chi connectivity index (χ2n) is 3.88. The SMILES string of the molecule is CSC(C(=O)O)C1C(C(=O)O)C1C(N)C(=O)O.Cl. The Balaban J connectivity index is 0.00000289. The van der Waals surface area contributed by atoms with Crippen molar-refractivity contribution in [2.45, 2.75) is 11.3 Å². The van der Waals surface area contributed by atoms with Gasteiger partial charge < -0.3 is 21.1 Å². The maximum Gasteiger partial charge on any atom is 0.320 e. The third-order valence-electron chi connectivity index (χ3n) is 2.96. The molecule has 5 unspecified atom stereocenters. The lowest BCUT2D eigenvalue weighted by atomic mass is 10.1. The fraction of sp³-hybridized carbons (Fsp3) is 0.667. The van der Waals surface area contributed by atoms with Crippen LogP contribution in [0.5, 0.6) is 0 Å². The van der Waals surface area contributed by atoms with Crippen molar-refractivity contribution in [1.29, 1.82) is 0 Å². The maximum absolute atomic E-state index is 10.9. The van der Waals surface area contributed by atoms with E-state index in [0.29, 0.717) is 0 Å². The van der Waals surface area contributed by atoms with Crippen molar-refractivity contribution in [1.82, 2.24) is 0 Å². The molecule has 0 radical (unpaired) electrons. The number of hydrogen-bond donors (Lipinski definition) is 4. The summed E-state index contributed by atoms with van der Waals surface area (Å²) < 4.78 is 0. The molecule has 0 amide bonds. The molecular weight excluding hydrogens is 286 g/mol. The Kier molecular flexibility index (Phi) is 5.91. The number of thioether (sulfide) groups is 1. The first kappa shape index (κ1) is 17.0. The zero-order valence-corrected chi connectivity index (χ0v) is 11.0. The van der Waals surface area contributed by atoms with Gasteiger partial charge in [0.2, 0.25) is 0 Å². The van der Waals surface area contributed by atoms with Crippen molar-refractivity contribution in [2.75, 3.05) is 6.26 Å². The zero-order chi connectivity index (χ0) is 13.3. The van der Waals surface area contributed by atoms with Gasteiger partial charge in [0.1, 0.15) is 11.3 Å². The number of nitrogens with two attached hydrogens (primary N) is 1. The number of rotatable bonds is 6. The molecule has 5 N–H and O–H groups in total. The molecule has 18 heavy (non-hydrogen) atoms. The van der Waals surface area contributed by atoms with Crippen molar-refractivity contribution in [3.05, 3.63) is 0 Å². The fourth-order valence-electron chi connectivity index (χ4n) is 2.13. The highest BCUT2D eigenvalue weighted by Crippen LogP contribution is 2.53. The lowest BCUT2D eigenvalue weighted by Crippen LogP contribution is -2.35. The van der Waals surface area contributed by atoms with Crippen molar-refractivity contribution < 1.29 is 29.7 Å². The summed E-state index contributed by atoms with van der Waals surface area (Å²) in [6.45, 7) is 0. The molecule has 0 aromatic rings. The Labute approximate surface area is 113 Å². The number of aliphatic carboxylic acids is 3. The molecule has 1 aliphatic carbocycles. The minimum atomic E-state index is -1.34. The van der Waals surface area contributed by atoms with Crippen LogP contribution in [-0.4, -0.2) is 50.8 Å². The van der Waals surface area contributed by atoms with Gasteiger partial charge in [0, 0.05) is 11.8 Å². The van der Waals surface area contributed by atoms with E-state index in [-0.39, 0.29) is 12.4 Å². The molecule has 104 valence electrons. The van der Waals surface area contributed by atoms with Crippen LogP contribution in [0.4, 0.5) is 0 Å². The third kappa shape index (κ3) is 3.06. The van der Waals surface area contributed by atoms with Crippen LogP contribution in [0.15, 0.2) is 0 Å². The molecule has 0 aromatic carbocycles. The average molecular weight is 300 g/mol.